The Labute approximate surface area is 89.5 Å². The van der Waals surface area contributed by atoms with Crippen molar-refractivity contribution in [3.8, 4) is 0 Å². The molecule has 2 nitrogen and oxygen atoms in total. The predicted molar refractivity (Wildman–Crippen MR) is 62.6 cm³/mol. The maximum atomic E-state index is 6.18. The van der Waals surface area contributed by atoms with Gasteiger partial charge in [-0.1, -0.05) is 25.0 Å². The van der Waals surface area contributed by atoms with Gasteiger partial charge in [0.2, 0.25) is 0 Å². The van der Waals surface area contributed by atoms with Crippen molar-refractivity contribution in [1.29, 1.82) is 0 Å². The molecule has 3 rings (SSSR count). The molecule has 0 saturated heterocycles. The Morgan fingerprint density at radius 1 is 1.33 bits per heavy atom. The average molecular weight is 200 g/mol. The largest absolute Gasteiger partial charge is 0.361 e. The summed E-state index contributed by atoms with van der Waals surface area (Å²) in [5, 5.41) is 1.26. The van der Waals surface area contributed by atoms with Gasteiger partial charge in [0.1, 0.15) is 0 Å². The minimum Gasteiger partial charge on any atom is -0.361 e. The van der Waals surface area contributed by atoms with Gasteiger partial charge in [-0.25, -0.2) is 0 Å². The van der Waals surface area contributed by atoms with Gasteiger partial charge < -0.3 is 10.7 Å². The quantitative estimate of drug-likeness (QED) is 0.785. The topological polar surface area (TPSA) is 41.8 Å². The molecule has 0 unspecified atom stereocenters. The van der Waals surface area contributed by atoms with Crippen LogP contribution >= 0.6 is 0 Å². The molecule has 1 heterocycles. The number of aromatic nitrogens is 1. The van der Waals surface area contributed by atoms with Crippen LogP contribution in [-0.4, -0.2) is 4.98 Å². The minimum absolute atomic E-state index is 0.213. The van der Waals surface area contributed by atoms with E-state index in [0.29, 0.717) is 0 Å². The van der Waals surface area contributed by atoms with Gasteiger partial charge in [-0.3, -0.25) is 0 Å². The molecule has 2 aromatic rings. The van der Waals surface area contributed by atoms with Gasteiger partial charge in [-0.05, 0) is 35.4 Å². The number of H-pyrrole nitrogens is 1. The van der Waals surface area contributed by atoms with Crippen molar-refractivity contribution in [1.82, 2.24) is 4.98 Å². The van der Waals surface area contributed by atoms with Crippen LogP contribution in [0, 0.1) is 5.92 Å². The molecule has 0 bridgehead atoms. The summed E-state index contributed by atoms with van der Waals surface area (Å²) in [7, 11) is 0. The second-order valence-electron chi connectivity index (χ2n) is 4.61. The third kappa shape index (κ3) is 1.77. The highest BCUT2D eigenvalue weighted by atomic mass is 14.7. The molecule has 0 aliphatic heterocycles. The monoisotopic (exact) mass is 200 g/mol. The Bertz CT molecular complexity index is 468. The van der Waals surface area contributed by atoms with E-state index in [1.54, 1.807) is 0 Å². The van der Waals surface area contributed by atoms with Crippen LogP contribution in [0.3, 0.4) is 0 Å². The van der Waals surface area contributed by atoms with Crippen LogP contribution in [0.25, 0.3) is 10.9 Å². The number of nitrogens with two attached hydrogens (primary N) is 1. The number of hydrogen-bond acceptors (Lipinski definition) is 1. The summed E-state index contributed by atoms with van der Waals surface area (Å²) in [4.78, 5) is 3.23. The normalized spacial score (nSPS) is 18.2. The standard InChI is InChI=1S/C13H16N2/c14-12(7-9-1-2-9)11-4-3-10-5-6-15-13(10)8-11/h3-6,8-9,12,15H,1-2,7,14H2/t12-/m0/s1. The van der Waals surface area contributed by atoms with E-state index in [1.165, 1.54) is 29.3 Å². The summed E-state index contributed by atoms with van der Waals surface area (Å²) < 4.78 is 0. The lowest BCUT2D eigenvalue weighted by Crippen LogP contribution is -2.10. The van der Waals surface area contributed by atoms with E-state index in [2.05, 4.69) is 29.2 Å². The van der Waals surface area contributed by atoms with Crippen LogP contribution in [0.5, 0.6) is 0 Å². The van der Waals surface area contributed by atoms with Crippen LogP contribution in [0.2, 0.25) is 0 Å². The van der Waals surface area contributed by atoms with E-state index in [0.717, 1.165) is 12.3 Å². The van der Waals surface area contributed by atoms with Crippen LogP contribution < -0.4 is 5.73 Å². The summed E-state index contributed by atoms with van der Waals surface area (Å²) in [5.41, 5.74) is 8.64. The molecule has 1 fully saturated rings. The van der Waals surface area contributed by atoms with E-state index in [4.69, 9.17) is 5.73 Å². The molecule has 15 heavy (non-hydrogen) atoms. The third-order valence-corrected chi connectivity index (χ3v) is 3.29. The summed E-state index contributed by atoms with van der Waals surface area (Å²) in [6, 6.07) is 8.79. The molecule has 1 atom stereocenters. The zero-order chi connectivity index (χ0) is 10.3. The van der Waals surface area contributed by atoms with Gasteiger partial charge in [-0.15, -0.1) is 0 Å². The first-order chi connectivity index (χ1) is 7.33. The van der Waals surface area contributed by atoms with Crippen molar-refractivity contribution < 1.29 is 0 Å². The second kappa shape index (κ2) is 3.38. The van der Waals surface area contributed by atoms with Crippen LogP contribution in [0.1, 0.15) is 30.9 Å². The zero-order valence-electron chi connectivity index (χ0n) is 8.74. The first kappa shape index (κ1) is 8.98. The molecule has 1 aromatic heterocycles. The summed E-state index contributed by atoms with van der Waals surface area (Å²) in [5.74, 6) is 0.888. The molecule has 3 N–H and O–H groups in total. The zero-order valence-corrected chi connectivity index (χ0v) is 8.74. The van der Waals surface area contributed by atoms with Gasteiger partial charge in [0.15, 0.2) is 0 Å². The highest BCUT2D eigenvalue weighted by Crippen LogP contribution is 2.37. The Hall–Kier alpha value is -1.28. The fraction of sp³-hybridized carbons (Fsp3) is 0.385. The first-order valence-electron chi connectivity index (χ1n) is 5.65. The molecule has 2 heteroatoms. The third-order valence-electron chi connectivity index (χ3n) is 3.29. The Morgan fingerprint density at radius 2 is 2.20 bits per heavy atom. The van der Waals surface area contributed by atoms with Gasteiger partial charge in [0.05, 0.1) is 0 Å². The molecule has 1 aromatic carbocycles. The molecule has 0 radical (unpaired) electrons. The maximum Gasteiger partial charge on any atom is 0.0457 e. The molecule has 1 saturated carbocycles. The van der Waals surface area contributed by atoms with Crippen molar-refractivity contribution in [3.05, 3.63) is 36.0 Å². The SMILES string of the molecule is N[C@@H](CC1CC1)c1ccc2cc[nH]c2c1. The van der Waals surface area contributed by atoms with Crippen molar-refractivity contribution in [2.45, 2.75) is 25.3 Å². The number of fused-ring (bicyclic) bond motifs is 1. The lowest BCUT2D eigenvalue weighted by molar-refractivity contribution is 0.597. The Kier molecular flexibility index (Phi) is 2.03. The fourth-order valence-electron chi connectivity index (χ4n) is 2.14. The second-order valence-corrected chi connectivity index (χ2v) is 4.61. The van der Waals surface area contributed by atoms with Crippen molar-refractivity contribution in [2.24, 2.45) is 11.7 Å². The Morgan fingerprint density at radius 3 is 3.00 bits per heavy atom. The van der Waals surface area contributed by atoms with Gasteiger partial charge in [-0.2, -0.15) is 0 Å². The average Bonchev–Trinajstić information content (AvgIpc) is 2.94. The summed E-state index contributed by atoms with van der Waals surface area (Å²) >= 11 is 0. The van der Waals surface area contributed by atoms with Gasteiger partial charge in [0, 0.05) is 17.8 Å². The maximum absolute atomic E-state index is 6.18. The number of benzene rings is 1. The van der Waals surface area contributed by atoms with Crippen LogP contribution in [0.4, 0.5) is 0 Å². The molecule has 1 aliphatic rings. The van der Waals surface area contributed by atoms with E-state index >= 15 is 0 Å². The summed E-state index contributed by atoms with van der Waals surface area (Å²) in [6.45, 7) is 0. The molecule has 0 spiro atoms. The molecular formula is C13H16N2. The van der Waals surface area contributed by atoms with Crippen LogP contribution in [0.15, 0.2) is 30.5 Å². The first-order valence-corrected chi connectivity index (χ1v) is 5.65. The van der Waals surface area contributed by atoms with Crippen molar-refractivity contribution in [3.63, 3.8) is 0 Å². The fourth-order valence-corrected chi connectivity index (χ4v) is 2.14. The van der Waals surface area contributed by atoms with Gasteiger partial charge in [0.25, 0.3) is 0 Å². The van der Waals surface area contributed by atoms with E-state index < -0.39 is 0 Å². The Balaban J connectivity index is 1.88. The lowest BCUT2D eigenvalue weighted by atomic mass is 10.0. The number of rotatable bonds is 3. The molecule has 78 valence electrons. The van der Waals surface area contributed by atoms with Crippen molar-refractivity contribution in [2.75, 3.05) is 0 Å². The van der Waals surface area contributed by atoms with Gasteiger partial charge >= 0.3 is 0 Å². The minimum atomic E-state index is 0.213. The molecular weight excluding hydrogens is 184 g/mol. The lowest BCUT2D eigenvalue weighted by Gasteiger charge is -2.11. The highest BCUT2D eigenvalue weighted by molar-refractivity contribution is 5.79. The van der Waals surface area contributed by atoms with E-state index in [-0.39, 0.29) is 6.04 Å². The number of hydrogen-bond donors (Lipinski definition) is 2. The number of aromatic amines is 1. The van der Waals surface area contributed by atoms with E-state index in [9.17, 15) is 0 Å². The van der Waals surface area contributed by atoms with Crippen LogP contribution in [-0.2, 0) is 0 Å². The predicted octanol–water partition coefficient (Wildman–Crippen LogP) is 2.97. The molecule has 1 aliphatic carbocycles. The smallest absolute Gasteiger partial charge is 0.0457 e. The molecule has 0 amide bonds. The highest BCUT2D eigenvalue weighted by Gasteiger charge is 2.24. The summed E-state index contributed by atoms with van der Waals surface area (Å²) in [6.07, 6.45) is 5.87. The van der Waals surface area contributed by atoms with Crippen molar-refractivity contribution >= 4 is 10.9 Å². The van der Waals surface area contributed by atoms with E-state index in [1.807, 2.05) is 6.20 Å². The number of nitrogens with one attached hydrogen (secondary N) is 1.